The Morgan fingerprint density at radius 1 is 0.450 bits per heavy atom. The minimum Gasteiger partial charge on any atom is -0.376 e. The van der Waals surface area contributed by atoms with Crippen LogP contribution in [0.2, 0.25) is 0 Å². The van der Waals surface area contributed by atoms with E-state index < -0.39 is 94.8 Å². The van der Waals surface area contributed by atoms with Crippen LogP contribution in [0, 0.1) is 29.1 Å². The average Bonchev–Trinajstić information content (AvgIpc) is 2.79. The maximum Gasteiger partial charge on any atom is 0.460 e. The van der Waals surface area contributed by atoms with E-state index in [0.717, 1.165) is 0 Å². The van der Waals surface area contributed by atoms with Crippen LogP contribution < -0.4 is 0 Å². The molecule has 1 aromatic rings. The number of rotatable bonds is 10. The van der Waals surface area contributed by atoms with Gasteiger partial charge in [-0.15, -0.1) is 0 Å². The molecule has 1 unspecified atom stereocenters. The van der Waals surface area contributed by atoms with Gasteiger partial charge in [-0.1, -0.05) is 0 Å². The second-order valence-corrected chi connectivity index (χ2v) is 7.56. The molecule has 0 saturated carbocycles. The zero-order valence-corrected chi connectivity index (χ0v) is 18.0. The van der Waals surface area contributed by atoms with Crippen LogP contribution in [0.15, 0.2) is 0 Å². The molecule has 0 saturated heterocycles. The van der Waals surface area contributed by atoms with Crippen LogP contribution in [0.3, 0.4) is 0 Å². The van der Waals surface area contributed by atoms with Crippen molar-refractivity contribution in [3.8, 4) is 0 Å². The number of halogens is 22. The van der Waals surface area contributed by atoms with Gasteiger partial charge in [0.05, 0.1) is 11.7 Å². The van der Waals surface area contributed by atoms with Crippen LogP contribution in [0.1, 0.15) is 18.1 Å². The molecule has 0 amide bonds. The van der Waals surface area contributed by atoms with Crippen molar-refractivity contribution in [3.05, 3.63) is 34.6 Å². The normalized spacial score (nSPS) is 16.0. The molecule has 0 aromatic heterocycles. The summed E-state index contributed by atoms with van der Waals surface area (Å²) < 4.78 is 297. The van der Waals surface area contributed by atoms with Gasteiger partial charge in [-0.3, -0.25) is 0 Å². The molecule has 0 fully saturated rings. The van der Waals surface area contributed by atoms with Crippen molar-refractivity contribution in [1.82, 2.24) is 0 Å². The third-order valence-corrected chi connectivity index (χ3v) is 5.08. The fourth-order valence-corrected chi connectivity index (χ4v) is 2.77. The molecule has 0 bridgehead atoms. The molecule has 0 spiro atoms. The second-order valence-electron chi connectivity index (χ2n) is 7.56. The van der Waals surface area contributed by atoms with E-state index in [1.165, 1.54) is 0 Å². The molecule has 23 heteroatoms. The summed E-state index contributed by atoms with van der Waals surface area (Å²) in [6.45, 7) is 0. The third-order valence-electron chi connectivity index (χ3n) is 5.08. The zero-order chi connectivity index (χ0) is 32.5. The number of ether oxygens (including phenoxy) is 1. The van der Waals surface area contributed by atoms with Gasteiger partial charge in [0.1, 0.15) is 0 Å². The first-order valence-corrected chi connectivity index (χ1v) is 9.10. The topological polar surface area (TPSA) is 9.23 Å². The summed E-state index contributed by atoms with van der Waals surface area (Å²) in [7, 11) is -0.0857. The quantitative estimate of drug-likeness (QED) is 0.141. The largest absolute Gasteiger partial charge is 0.460 e. The number of benzene rings is 1. The van der Waals surface area contributed by atoms with E-state index in [1.54, 1.807) is 0 Å². The van der Waals surface area contributed by atoms with Gasteiger partial charge in [0.2, 0.25) is 5.82 Å². The Morgan fingerprint density at radius 3 is 1.02 bits per heavy atom. The fraction of sp³-hybridized carbons (Fsp3) is 0.647. The van der Waals surface area contributed by atoms with Gasteiger partial charge in [0.15, 0.2) is 23.3 Å². The maximum atomic E-state index is 14.1. The molecule has 1 rings (SSSR count). The van der Waals surface area contributed by atoms with E-state index in [1.807, 2.05) is 0 Å². The zero-order valence-electron chi connectivity index (χ0n) is 18.0. The summed E-state index contributed by atoms with van der Waals surface area (Å²) in [5.41, 5.74) is -2.66. The molecule has 234 valence electrons. The fourth-order valence-electron chi connectivity index (χ4n) is 2.77. The molecule has 0 N–H and O–H groups in total. The second kappa shape index (κ2) is 9.88. The number of hydrogen-bond donors (Lipinski definition) is 0. The van der Waals surface area contributed by atoms with Gasteiger partial charge >= 0.3 is 47.6 Å². The van der Waals surface area contributed by atoms with E-state index in [4.69, 9.17) is 0 Å². The van der Waals surface area contributed by atoms with Crippen LogP contribution in [-0.2, 0) is 4.74 Å². The number of alkyl halides is 17. The third kappa shape index (κ3) is 4.68. The summed E-state index contributed by atoms with van der Waals surface area (Å²) in [6.07, 6.45) is -15.3. The van der Waals surface area contributed by atoms with Gasteiger partial charge in [0, 0.05) is 13.5 Å². The molecule has 1 atom stereocenters. The molecule has 0 aliphatic heterocycles. The van der Waals surface area contributed by atoms with Crippen molar-refractivity contribution in [2.24, 2.45) is 0 Å². The molecular weight excluding hydrogens is 638 g/mol. The van der Waals surface area contributed by atoms with Gasteiger partial charge in [-0.2, -0.15) is 74.6 Å². The van der Waals surface area contributed by atoms with Crippen LogP contribution in [-0.4, -0.2) is 54.7 Å². The Balaban J connectivity index is 3.74. The summed E-state index contributed by atoms with van der Waals surface area (Å²) in [4.78, 5) is 0. The maximum absolute atomic E-state index is 14.1. The van der Waals surface area contributed by atoms with E-state index in [2.05, 4.69) is 4.74 Å². The van der Waals surface area contributed by atoms with Crippen molar-refractivity contribution < 1.29 is 101 Å². The van der Waals surface area contributed by atoms with Gasteiger partial charge in [0.25, 0.3) is 0 Å². The predicted octanol–water partition coefficient (Wildman–Crippen LogP) is 8.47. The molecule has 0 aliphatic rings. The Bertz CT molecular complexity index is 1070. The first kappa shape index (κ1) is 35.7. The van der Waals surface area contributed by atoms with E-state index in [9.17, 15) is 96.6 Å². The van der Waals surface area contributed by atoms with Crippen LogP contribution in [0.4, 0.5) is 96.6 Å². The first-order valence-electron chi connectivity index (χ1n) is 9.10. The Labute approximate surface area is 204 Å². The van der Waals surface area contributed by atoms with Gasteiger partial charge in [-0.25, -0.2) is 22.0 Å². The molecule has 40 heavy (non-hydrogen) atoms. The highest BCUT2D eigenvalue weighted by atomic mass is 19.4. The molecule has 0 aliphatic carbocycles. The summed E-state index contributed by atoms with van der Waals surface area (Å²) in [6, 6.07) is 0. The molecule has 0 heterocycles. The highest BCUT2D eigenvalue weighted by molar-refractivity contribution is 5.27. The van der Waals surface area contributed by atoms with Crippen LogP contribution >= 0.6 is 0 Å². The molecule has 0 radical (unpaired) electrons. The number of methoxy groups -OCH3 is 1. The van der Waals surface area contributed by atoms with Crippen molar-refractivity contribution in [3.63, 3.8) is 0 Å². The van der Waals surface area contributed by atoms with Gasteiger partial charge in [-0.05, 0) is 0 Å². The number of hydrogen-bond acceptors (Lipinski definition) is 1. The highest BCUT2D eigenvalue weighted by Gasteiger charge is 2.95. The van der Waals surface area contributed by atoms with Crippen LogP contribution in [0.25, 0.3) is 0 Å². The summed E-state index contributed by atoms with van der Waals surface area (Å²) >= 11 is 0. The lowest BCUT2D eigenvalue weighted by molar-refractivity contribution is -0.462. The average molecular weight is 644 g/mol. The van der Waals surface area contributed by atoms with E-state index in [0.29, 0.717) is 0 Å². The van der Waals surface area contributed by atoms with Gasteiger partial charge < -0.3 is 4.74 Å². The molecule has 1 nitrogen and oxygen atoms in total. The predicted molar refractivity (Wildman–Crippen MR) is 81.3 cm³/mol. The van der Waals surface area contributed by atoms with Crippen molar-refractivity contribution >= 4 is 0 Å². The standard InChI is InChI=1S/C17H6F22O/c1-40-3(4-5(18)7(20)9(22)8(21)6(4)19)2-10(23,24)11(25,26)12(27,28)13(29,30)14(31,32)15(33,34)16(35,36)17(37,38)39/h3H,2H2,1H3. The lowest BCUT2D eigenvalue weighted by Crippen LogP contribution is -2.74. The van der Waals surface area contributed by atoms with Crippen LogP contribution in [0.5, 0.6) is 0 Å². The Kier molecular flexibility index (Phi) is 8.81. The Morgan fingerprint density at radius 2 is 0.725 bits per heavy atom. The SMILES string of the molecule is COC(CC(F)(F)C(F)(F)C(F)(F)C(F)(F)C(F)(F)C(F)(F)C(F)(F)C(F)(F)F)c1c(F)c(F)c(F)c(F)c1F. The van der Waals surface area contributed by atoms with Crippen molar-refractivity contribution in [1.29, 1.82) is 0 Å². The summed E-state index contributed by atoms with van der Waals surface area (Å²) in [5.74, 6) is -74.5. The lowest BCUT2D eigenvalue weighted by atomic mass is 9.87. The smallest absolute Gasteiger partial charge is 0.376 e. The molecule has 1 aromatic carbocycles. The Hall–Kier alpha value is -2.36. The first-order chi connectivity index (χ1) is 17.3. The monoisotopic (exact) mass is 644 g/mol. The van der Waals surface area contributed by atoms with E-state index >= 15 is 0 Å². The van der Waals surface area contributed by atoms with Crippen molar-refractivity contribution in [2.75, 3.05) is 7.11 Å². The summed E-state index contributed by atoms with van der Waals surface area (Å²) in [5, 5.41) is 0. The highest BCUT2D eigenvalue weighted by Crippen LogP contribution is 2.64. The van der Waals surface area contributed by atoms with E-state index in [-0.39, 0.29) is 7.11 Å². The minimum atomic E-state index is -8.92. The minimum absolute atomic E-state index is 0.0857. The molecular formula is C17H6F22O. The van der Waals surface area contributed by atoms with Crippen molar-refractivity contribution in [2.45, 2.75) is 60.2 Å². The lowest BCUT2D eigenvalue weighted by Gasteiger charge is -2.43.